The summed E-state index contributed by atoms with van der Waals surface area (Å²) in [6.45, 7) is 4.79. The Morgan fingerprint density at radius 2 is 2.21 bits per heavy atom. The van der Waals surface area contributed by atoms with Crippen LogP contribution in [0.4, 0.5) is 0 Å². The van der Waals surface area contributed by atoms with E-state index in [9.17, 15) is 9.59 Å². The topological polar surface area (TPSA) is 88.6 Å². The number of carbonyl (C=O) groups is 2. The summed E-state index contributed by atoms with van der Waals surface area (Å²) < 4.78 is 6.88. The monoisotopic (exact) mass is 331 g/mol. The van der Waals surface area contributed by atoms with E-state index in [1.165, 1.54) is 4.68 Å². The first kappa shape index (κ1) is 16.3. The molecule has 7 nitrogen and oxygen atoms in total. The van der Waals surface area contributed by atoms with E-state index < -0.39 is 5.97 Å². The average Bonchev–Trinajstić information content (AvgIpc) is 3.12. The molecule has 1 aliphatic rings. The van der Waals surface area contributed by atoms with Gasteiger partial charge < -0.3 is 14.4 Å². The van der Waals surface area contributed by atoms with E-state index in [4.69, 9.17) is 9.52 Å². The van der Waals surface area contributed by atoms with Crippen LogP contribution in [0.5, 0.6) is 0 Å². The van der Waals surface area contributed by atoms with Crippen LogP contribution < -0.4 is 0 Å². The number of hydrogen-bond donors (Lipinski definition) is 1. The van der Waals surface area contributed by atoms with Gasteiger partial charge in [0.25, 0.3) is 5.91 Å². The van der Waals surface area contributed by atoms with Gasteiger partial charge in [0.2, 0.25) is 0 Å². The van der Waals surface area contributed by atoms with Crippen LogP contribution in [0.1, 0.15) is 46.3 Å². The standard InChI is InChI=1S/C17H21N3O4/c1-11-8-14(12(2)24-11)17(23)19-6-3-4-13(9-19)15-5-7-20(18-15)10-16(21)22/h5,7-8,13H,3-4,6,9-10H2,1-2H3,(H,21,22)/t13-/m1/s1. The minimum Gasteiger partial charge on any atom is -0.480 e. The first-order valence-electron chi connectivity index (χ1n) is 8.05. The number of carbonyl (C=O) groups excluding carboxylic acids is 1. The number of aromatic nitrogens is 2. The number of carboxylic acids is 1. The van der Waals surface area contributed by atoms with Crippen molar-refractivity contribution in [3.05, 3.63) is 41.1 Å². The SMILES string of the molecule is Cc1cc(C(=O)N2CCC[C@@H](c3ccn(CC(=O)O)n3)C2)c(C)o1. The van der Waals surface area contributed by atoms with Gasteiger partial charge in [0.1, 0.15) is 18.1 Å². The Kier molecular flexibility index (Phi) is 4.42. The van der Waals surface area contributed by atoms with Gasteiger partial charge in [-0.05, 0) is 38.8 Å². The Labute approximate surface area is 139 Å². The molecule has 2 aromatic rings. The average molecular weight is 331 g/mol. The van der Waals surface area contributed by atoms with Gasteiger partial charge in [0, 0.05) is 25.2 Å². The molecule has 1 fully saturated rings. The molecule has 1 amide bonds. The number of carboxylic acid groups (broad SMARTS) is 1. The van der Waals surface area contributed by atoms with Crippen LogP contribution in [0.3, 0.4) is 0 Å². The summed E-state index contributed by atoms with van der Waals surface area (Å²) in [4.78, 5) is 25.3. The van der Waals surface area contributed by atoms with E-state index in [1.54, 1.807) is 19.2 Å². The number of nitrogens with zero attached hydrogens (tertiary/aromatic N) is 3. The summed E-state index contributed by atoms with van der Waals surface area (Å²) in [6.07, 6.45) is 3.52. The van der Waals surface area contributed by atoms with Gasteiger partial charge in [-0.25, -0.2) is 0 Å². The first-order valence-corrected chi connectivity index (χ1v) is 8.05. The van der Waals surface area contributed by atoms with E-state index in [1.807, 2.05) is 17.9 Å². The van der Waals surface area contributed by atoms with Crippen LogP contribution in [-0.4, -0.2) is 44.8 Å². The number of hydrogen-bond acceptors (Lipinski definition) is 4. The van der Waals surface area contributed by atoms with Gasteiger partial charge in [-0.1, -0.05) is 0 Å². The van der Waals surface area contributed by atoms with Crippen LogP contribution in [0.25, 0.3) is 0 Å². The zero-order chi connectivity index (χ0) is 17.3. The van der Waals surface area contributed by atoms with E-state index in [0.29, 0.717) is 17.9 Å². The predicted octanol–water partition coefficient (Wildman–Crippen LogP) is 2.20. The highest BCUT2D eigenvalue weighted by Crippen LogP contribution is 2.27. The summed E-state index contributed by atoms with van der Waals surface area (Å²) >= 11 is 0. The third-order valence-corrected chi connectivity index (χ3v) is 4.36. The largest absolute Gasteiger partial charge is 0.480 e. The van der Waals surface area contributed by atoms with E-state index in [-0.39, 0.29) is 18.4 Å². The molecule has 2 aromatic heterocycles. The first-order chi connectivity index (χ1) is 11.4. The fourth-order valence-corrected chi connectivity index (χ4v) is 3.24. The minimum atomic E-state index is -0.920. The number of furan rings is 1. The molecule has 128 valence electrons. The molecular formula is C17H21N3O4. The minimum absolute atomic E-state index is 0.0148. The zero-order valence-corrected chi connectivity index (χ0v) is 13.9. The van der Waals surface area contributed by atoms with Gasteiger partial charge in [-0.2, -0.15) is 5.10 Å². The fraction of sp³-hybridized carbons (Fsp3) is 0.471. The third-order valence-electron chi connectivity index (χ3n) is 4.36. The molecule has 3 heterocycles. The van der Waals surface area contributed by atoms with E-state index in [2.05, 4.69) is 5.10 Å². The van der Waals surface area contributed by atoms with Crippen LogP contribution in [0.2, 0.25) is 0 Å². The second-order valence-corrected chi connectivity index (χ2v) is 6.25. The molecule has 0 saturated carbocycles. The number of aryl methyl sites for hydroxylation is 2. The Bertz CT molecular complexity index is 762. The molecule has 0 aromatic carbocycles. The van der Waals surface area contributed by atoms with Crippen molar-refractivity contribution in [1.82, 2.24) is 14.7 Å². The lowest BCUT2D eigenvalue weighted by atomic mass is 9.94. The normalized spacial score (nSPS) is 17.9. The lowest BCUT2D eigenvalue weighted by molar-refractivity contribution is -0.137. The van der Waals surface area contributed by atoms with Gasteiger partial charge in [0.15, 0.2) is 0 Å². The predicted molar refractivity (Wildman–Crippen MR) is 85.9 cm³/mol. The Balaban J connectivity index is 1.72. The number of likely N-dealkylation sites (tertiary alicyclic amines) is 1. The summed E-state index contributed by atoms with van der Waals surface area (Å²) in [5, 5.41) is 13.2. The maximum atomic E-state index is 12.7. The van der Waals surface area contributed by atoms with Crippen molar-refractivity contribution in [3.8, 4) is 0 Å². The quantitative estimate of drug-likeness (QED) is 0.928. The maximum absolute atomic E-state index is 12.7. The Morgan fingerprint density at radius 1 is 1.42 bits per heavy atom. The van der Waals surface area contributed by atoms with Gasteiger partial charge in [-0.15, -0.1) is 0 Å². The Morgan fingerprint density at radius 3 is 2.88 bits per heavy atom. The second kappa shape index (κ2) is 6.51. The number of aliphatic carboxylic acids is 1. The molecule has 1 atom stereocenters. The molecule has 24 heavy (non-hydrogen) atoms. The number of piperidine rings is 1. The zero-order valence-electron chi connectivity index (χ0n) is 13.9. The molecule has 0 unspecified atom stereocenters. The van der Waals surface area contributed by atoms with Gasteiger partial charge in [0.05, 0.1) is 11.3 Å². The van der Waals surface area contributed by atoms with E-state index >= 15 is 0 Å². The van der Waals surface area contributed by atoms with Crippen molar-refractivity contribution in [2.45, 2.75) is 39.2 Å². The van der Waals surface area contributed by atoms with Crippen molar-refractivity contribution < 1.29 is 19.1 Å². The molecule has 0 radical (unpaired) electrons. The van der Waals surface area contributed by atoms with Crippen LogP contribution in [0.15, 0.2) is 22.7 Å². The lowest BCUT2D eigenvalue weighted by Gasteiger charge is -2.32. The molecule has 1 saturated heterocycles. The van der Waals surface area contributed by atoms with E-state index in [0.717, 1.165) is 30.8 Å². The van der Waals surface area contributed by atoms with Crippen LogP contribution >= 0.6 is 0 Å². The molecule has 3 rings (SSSR count). The molecule has 0 spiro atoms. The summed E-state index contributed by atoms with van der Waals surface area (Å²) in [6, 6.07) is 3.62. The Hall–Kier alpha value is -2.57. The summed E-state index contributed by atoms with van der Waals surface area (Å²) in [5.74, 6) is 0.572. The lowest BCUT2D eigenvalue weighted by Crippen LogP contribution is -2.39. The second-order valence-electron chi connectivity index (χ2n) is 6.25. The highest BCUT2D eigenvalue weighted by molar-refractivity contribution is 5.95. The number of rotatable bonds is 4. The highest BCUT2D eigenvalue weighted by Gasteiger charge is 2.28. The van der Waals surface area contributed by atoms with Crippen molar-refractivity contribution >= 4 is 11.9 Å². The van der Waals surface area contributed by atoms with Crippen LogP contribution in [-0.2, 0) is 11.3 Å². The third kappa shape index (κ3) is 3.34. The molecule has 0 aliphatic carbocycles. The van der Waals surface area contributed by atoms with Crippen molar-refractivity contribution in [3.63, 3.8) is 0 Å². The smallest absolute Gasteiger partial charge is 0.325 e. The molecular weight excluding hydrogens is 310 g/mol. The summed E-state index contributed by atoms with van der Waals surface area (Å²) in [5.41, 5.74) is 1.46. The number of amides is 1. The summed E-state index contributed by atoms with van der Waals surface area (Å²) in [7, 11) is 0. The van der Waals surface area contributed by atoms with Gasteiger partial charge in [-0.3, -0.25) is 14.3 Å². The fourth-order valence-electron chi connectivity index (χ4n) is 3.24. The molecule has 0 bridgehead atoms. The highest BCUT2D eigenvalue weighted by atomic mass is 16.4. The molecule has 7 heteroatoms. The van der Waals surface area contributed by atoms with Crippen molar-refractivity contribution in [1.29, 1.82) is 0 Å². The molecule has 1 N–H and O–H groups in total. The van der Waals surface area contributed by atoms with Crippen LogP contribution in [0, 0.1) is 13.8 Å². The van der Waals surface area contributed by atoms with Crippen molar-refractivity contribution in [2.75, 3.05) is 13.1 Å². The van der Waals surface area contributed by atoms with Crippen molar-refractivity contribution in [2.24, 2.45) is 0 Å². The molecule has 1 aliphatic heterocycles. The maximum Gasteiger partial charge on any atom is 0.325 e. The van der Waals surface area contributed by atoms with Gasteiger partial charge >= 0.3 is 5.97 Å².